The largest absolute Gasteiger partial charge is 0.342 e. The van der Waals surface area contributed by atoms with Crippen molar-refractivity contribution in [2.24, 2.45) is 0 Å². The first kappa shape index (κ1) is 16.5. The minimum absolute atomic E-state index is 0.0198. The van der Waals surface area contributed by atoms with Crippen LogP contribution in [0, 0.1) is 6.92 Å². The monoisotopic (exact) mass is 374 g/mol. The van der Waals surface area contributed by atoms with Crippen LogP contribution in [0.4, 0.5) is 0 Å². The molecular formula is C17H18N4O2S2. The maximum Gasteiger partial charge on any atom is 0.231 e. The maximum atomic E-state index is 12.5. The van der Waals surface area contributed by atoms with E-state index >= 15 is 0 Å². The molecule has 0 unspecified atom stereocenters. The molecule has 2 aromatic heterocycles. The van der Waals surface area contributed by atoms with E-state index < -0.39 is 5.54 Å². The normalized spacial score (nSPS) is 16.4. The minimum atomic E-state index is -0.483. The lowest BCUT2D eigenvalue weighted by molar-refractivity contribution is -0.120. The molecule has 8 heteroatoms. The predicted molar refractivity (Wildman–Crippen MR) is 97.7 cm³/mol. The number of thiazole rings is 1. The molecule has 0 radical (unpaired) electrons. The molecule has 1 fully saturated rings. The molecule has 6 nitrogen and oxygen atoms in total. The number of amides is 1. The van der Waals surface area contributed by atoms with E-state index in [9.17, 15) is 4.79 Å². The van der Waals surface area contributed by atoms with Crippen LogP contribution in [-0.4, -0.2) is 26.8 Å². The highest BCUT2D eigenvalue weighted by Gasteiger charge is 2.41. The Balaban J connectivity index is 1.43. The molecule has 0 bridgehead atoms. The van der Waals surface area contributed by atoms with Gasteiger partial charge in [-0.2, -0.15) is 4.98 Å². The number of hydrogen-bond acceptors (Lipinski definition) is 7. The molecule has 1 aliphatic carbocycles. The van der Waals surface area contributed by atoms with Crippen LogP contribution in [-0.2, 0) is 10.3 Å². The predicted octanol–water partition coefficient (Wildman–Crippen LogP) is 3.67. The van der Waals surface area contributed by atoms with Crippen molar-refractivity contribution in [1.29, 1.82) is 0 Å². The number of benzene rings is 1. The number of thioether (sulfide) groups is 1. The highest BCUT2D eigenvalue weighted by Crippen LogP contribution is 2.37. The summed E-state index contributed by atoms with van der Waals surface area (Å²) in [4.78, 5) is 21.4. The minimum Gasteiger partial charge on any atom is -0.342 e. The van der Waals surface area contributed by atoms with Crippen molar-refractivity contribution in [3.8, 4) is 0 Å². The summed E-state index contributed by atoms with van der Waals surface area (Å²) in [6.45, 7) is 1.77. The molecule has 1 amide bonds. The van der Waals surface area contributed by atoms with Crippen molar-refractivity contribution in [2.45, 2.75) is 42.5 Å². The third kappa shape index (κ3) is 3.41. The second kappa shape index (κ2) is 6.76. The van der Waals surface area contributed by atoms with E-state index in [0.29, 0.717) is 17.5 Å². The molecule has 2 heterocycles. The number of hydrogen-bond donors (Lipinski definition) is 1. The third-order valence-electron chi connectivity index (χ3n) is 4.39. The summed E-state index contributed by atoms with van der Waals surface area (Å²) in [6, 6.07) is 8.00. The number of carbonyl (C=O) groups excluding carboxylic acids is 1. The van der Waals surface area contributed by atoms with Gasteiger partial charge in [0.15, 0.2) is 10.2 Å². The van der Waals surface area contributed by atoms with Crippen LogP contribution in [0.3, 0.4) is 0 Å². The Bertz CT molecular complexity index is 866. The molecule has 4 rings (SSSR count). The lowest BCUT2D eigenvalue weighted by Crippen LogP contribution is -2.45. The van der Waals surface area contributed by atoms with Crippen molar-refractivity contribution in [1.82, 2.24) is 20.4 Å². The van der Waals surface area contributed by atoms with Gasteiger partial charge in [0.25, 0.3) is 0 Å². The van der Waals surface area contributed by atoms with E-state index in [1.165, 1.54) is 11.8 Å². The van der Waals surface area contributed by atoms with Gasteiger partial charge in [-0.15, -0.1) is 11.3 Å². The highest BCUT2D eigenvalue weighted by molar-refractivity contribution is 8.01. The van der Waals surface area contributed by atoms with Crippen LogP contribution in [0.25, 0.3) is 10.2 Å². The molecule has 1 N–H and O–H groups in total. The first-order chi connectivity index (χ1) is 12.1. The first-order valence-corrected chi connectivity index (χ1v) is 10.1. The summed E-state index contributed by atoms with van der Waals surface area (Å²) in [5, 5.41) is 7.21. The second-order valence-corrected chi connectivity index (χ2v) is 8.46. The van der Waals surface area contributed by atoms with Crippen molar-refractivity contribution in [3.05, 3.63) is 36.0 Å². The third-order valence-corrected chi connectivity index (χ3v) is 6.57. The van der Waals surface area contributed by atoms with Gasteiger partial charge in [0.05, 0.1) is 16.0 Å². The Morgan fingerprint density at radius 2 is 2.12 bits per heavy atom. The van der Waals surface area contributed by atoms with Crippen LogP contribution in [0.15, 0.2) is 33.1 Å². The number of para-hydroxylation sites is 1. The van der Waals surface area contributed by atoms with E-state index in [4.69, 9.17) is 4.52 Å². The summed E-state index contributed by atoms with van der Waals surface area (Å²) in [7, 11) is 0. The lowest BCUT2D eigenvalue weighted by Gasteiger charge is -2.26. The zero-order valence-electron chi connectivity index (χ0n) is 13.8. The van der Waals surface area contributed by atoms with Crippen LogP contribution >= 0.6 is 23.1 Å². The molecule has 0 aliphatic heterocycles. The quantitative estimate of drug-likeness (QED) is 0.686. The van der Waals surface area contributed by atoms with E-state index in [1.54, 1.807) is 18.3 Å². The zero-order valence-corrected chi connectivity index (χ0v) is 15.5. The van der Waals surface area contributed by atoms with Gasteiger partial charge in [-0.3, -0.25) is 4.79 Å². The molecule has 0 saturated heterocycles. The number of fused-ring (bicyclic) bond motifs is 1. The van der Waals surface area contributed by atoms with Crippen molar-refractivity contribution < 1.29 is 9.32 Å². The molecule has 1 saturated carbocycles. The number of aromatic nitrogens is 3. The smallest absolute Gasteiger partial charge is 0.231 e. The van der Waals surface area contributed by atoms with E-state index in [2.05, 4.69) is 20.4 Å². The fraction of sp³-hybridized carbons (Fsp3) is 0.412. The van der Waals surface area contributed by atoms with Crippen LogP contribution in [0.2, 0.25) is 0 Å². The summed E-state index contributed by atoms with van der Waals surface area (Å²) in [5.74, 6) is 1.44. The SMILES string of the molecule is Cc1nc(C2(NC(=O)CSc3nc4ccccc4s3)CCCC2)no1. The van der Waals surface area contributed by atoms with Gasteiger partial charge in [0.2, 0.25) is 11.8 Å². The second-order valence-electron chi connectivity index (χ2n) is 6.21. The fourth-order valence-electron chi connectivity index (χ4n) is 3.22. The van der Waals surface area contributed by atoms with Crippen LogP contribution in [0.5, 0.6) is 0 Å². The van der Waals surface area contributed by atoms with Gasteiger partial charge in [0.1, 0.15) is 5.54 Å². The van der Waals surface area contributed by atoms with E-state index in [0.717, 1.165) is 40.2 Å². The van der Waals surface area contributed by atoms with Gasteiger partial charge in [-0.1, -0.05) is 41.9 Å². The average Bonchev–Trinajstić information content (AvgIpc) is 3.32. The van der Waals surface area contributed by atoms with Gasteiger partial charge in [-0.25, -0.2) is 4.98 Å². The molecule has 0 atom stereocenters. The van der Waals surface area contributed by atoms with Gasteiger partial charge >= 0.3 is 0 Å². The molecule has 0 spiro atoms. The molecule has 130 valence electrons. The molecule has 25 heavy (non-hydrogen) atoms. The maximum absolute atomic E-state index is 12.5. The molecule has 3 aromatic rings. The van der Waals surface area contributed by atoms with Crippen LogP contribution < -0.4 is 5.32 Å². The fourth-order valence-corrected chi connectivity index (χ4v) is 5.09. The first-order valence-electron chi connectivity index (χ1n) is 8.25. The van der Waals surface area contributed by atoms with Crippen molar-refractivity contribution >= 4 is 39.2 Å². The lowest BCUT2D eigenvalue weighted by atomic mass is 9.96. The number of nitrogens with zero attached hydrogens (tertiary/aromatic N) is 3. The Kier molecular flexibility index (Phi) is 4.47. The Morgan fingerprint density at radius 1 is 1.32 bits per heavy atom. The van der Waals surface area contributed by atoms with Gasteiger partial charge < -0.3 is 9.84 Å². The Labute approximate surface area is 153 Å². The van der Waals surface area contributed by atoms with Gasteiger partial charge in [-0.05, 0) is 25.0 Å². The Morgan fingerprint density at radius 3 is 2.84 bits per heavy atom. The standard InChI is InChI=1S/C17H18N4O2S2/c1-11-18-15(21-23-11)17(8-4-5-9-17)20-14(22)10-24-16-19-12-6-2-3-7-13(12)25-16/h2-3,6-7H,4-5,8-10H2,1H3,(H,20,22). The van der Waals surface area contributed by atoms with E-state index in [1.807, 2.05) is 24.3 Å². The van der Waals surface area contributed by atoms with Gasteiger partial charge in [0, 0.05) is 6.92 Å². The summed E-state index contributed by atoms with van der Waals surface area (Å²) in [6.07, 6.45) is 3.81. The van der Waals surface area contributed by atoms with Crippen molar-refractivity contribution in [2.75, 3.05) is 5.75 Å². The summed E-state index contributed by atoms with van der Waals surface area (Å²) in [5.41, 5.74) is 0.494. The highest BCUT2D eigenvalue weighted by atomic mass is 32.2. The summed E-state index contributed by atoms with van der Waals surface area (Å²) < 4.78 is 7.17. The summed E-state index contributed by atoms with van der Waals surface area (Å²) >= 11 is 3.08. The van der Waals surface area contributed by atoms with E-state index in [-0.39, 0.29) is 5.91 Å². The molecule has 1 aromatic carbocycles. The number of aryl methyl sites for hydroxylation is 1. The average molecular weight is 374 g/mol. The van der Waals surface area contributed by atoms with Crippen molar-refractivity contribution in [3.63, 3.8) is 0 Å². The number of carbonyl (C=O) groups is 1. The number of rotatable bonds is 5. The topological polar surface area (TPSA) is 80.9 Å². The zero-order chi connectivity index (χ0) is 17.3. The number of nitrogens with one attached hydrogen (secondary N) is 1. The molecular weight excluding hydrogens is 356 g/mol. The van der Waals surface area contributed by atoms with Crippen LogP contribution in [0.1, 0.15) is 37.4 Å². The Hall–Kier alpha value is -1.93. The molecule has 1 aliphatic rings.